The average Bonchev–Trinajstić information content (AvgIpc) is 1.84. The van der Waals surface area contributed by atoms with E-state index in [9.17, 15) is 0 Å². The molecule has 0 heterocycles. The minimum absolute atomic E-state index is 0.635. The first-order valence-corrected chi connectivity index (χ1v) is 5.25. The Morgan fingerprint density at radius 1 is 1.00 bits per heavy atom. The summed E-state index contributed by atoms with van der Waals surface area (Å²) in [5.41, 5.74) is 0. The lowest BCUT2D eigenvalue weighted by Gasteiger charge is -2.15. The minimum Gasteiger partial charge on any atom is -0.315 e. The SMILES string of the molecule is CC(C)C[C@@H](C)CCNC(C)C. The Morgan fingerprint density at radius 3 is 2.00 bits per heavy atom. The van der Waals surface area contributed by atoms with Crippen molar-refractivity contribution in [3.8, 4) is 0 Å². The van der Waals surface area contributed by atoms with E-state index in [0.29, 0.717) is 6.04 Å². The third-order valence-electron chi connectivity index (χ3n) is 2.06. The van der Waals surface area contributed by atoms with Crippen LogP contribution >= 0.6 is 0 Å². The van der Waals surface area contributed by atoms with Crippen LogP contribution in [-0.2, 0) is 0 Å². The van der Waals surface area contributed by atoms with Gasteiger partial charge in [0.25, 0.3) is 0 Å². The number of nitrogens with one attached hydrogen (secondary N) is 1. The third kappa shape index (κ3) is 8.06. The van der Waals surface area contributed by atoms with Crippen molar-refractivity contribution in [1.82, 2.24) is 5.32 Å². The Labute approximate surface area is 77.9 Å². The van der Waals surface area contributed by atoms with Gasteiger partial charge in [-0.3, -0.25) is 0 Å². The molecule has 0 aromatic rings. The van der Waals surface area contributed by atoms with Crippen molar-refractivity contribution in [2.24, 2.45) is 11.8 Å². The first-order valence-electron chi connectivity index (χ1n) is 5.25. The van der Waals surface area contributed by atoms with Gasteiger partial charge in [-0.15, -0.1) is 0 Å². The molecule has 12 heavy (non-hydrogen) atoms. The van der Waals surface area contributed by atoms with Crippen LogP contribution in [0.15, 0.2) is 0 Å². The molecule has 1 nitrogen and oxygen atoms in total. The fourth-order valence-electron chi connectivity index (χ4n) is 1.54. The normalized spacial score (nSPS) is 14.2. The van der Waals surface area contributed by atoms with Gasteiger partial charge in [0.2, 0.25) is 0 Å². The minimum atomic E-state index is 0.635. The number of rotatable bonds is 6. The summed E-state index contributed by atoms with van der Waals surface area (Å²) in [5, 5.41) is 3.45. The molecule has 1 heteroatoms. The molecule has 1 atom stereocenters. The van der Waals surface area contributed by atoms with E-state index in [1.807, 2.05) is 0 Å². The lowest BCUT2D eigenvalue weighted by atomic mass is 9.96. The van der Waals surface area contributed by atoms with Crippen LogP contribution in [0.2, 0.25) is 0 Å². The summed E-state index contributed by atoms with van der Waals surface area (Å²) in [6.07, 6.45) is 2.68. The highest BCUT2D eigenvalue weighted by molar-refractivity contribution is 4.59. The highest BCUT2D eigenvalue weighted by atomic mass is 14.9. The molecule has 1 N–H and O–H groups in total. The summed E-state index contributed by atoms with van der Waals surface area (Å²) in [5.74, 6) is 1.72. The van der Waals surface area contributed by atoms with Gasteiger partial charge in [0.15, 0.2) is 0 Å². The van der Waals surface area contributed by atoms with E-state index in [0.717, 1.165) is 11.8 Å². The first kappa shape index (κ1) is 12.0. The lowest BCUT2D eigenvalue weighted by Crippen LogP contribution is -2.25. The standard InChI is InChI=1S/C11H25N/c1-9(2)8-11(5)6-7-12-10(3)4/h9-12H,6-8H2,1-5H3/t11-/m0/s1. The summed E-state index contributed by atoms with van der Waals surface area (Å²) in [4.78, 5) is 0. The van der Waals surface area contributed by atoms with Gasteiger partial charge in [0.1, 0.15) is 0 Å². The zero-order chi connectivity index (χ0) is 9.56. The van der Waals surface area contributed by atoms with E-state index in [-0.39, 0.29) is 0 Å². The quantitative estimate of drug-likeness (QED) is 0.647. The van der Waals surface area contributed by atoms with Crippen molar-refractivity contribution in [3.63, 3.8) is 0 Å². The average molecular weight is 171 g/mol. The predicted octanol–water partition coefficient (Wildman–Crippen LogP) is 3.06. The van der Waals surface area contributed by atoms with Crippen molar-refractivity contribution < 1.29 is 0 Å². The second kappa shape index (κ2) is 6.47. The maximum atomic E-state index is 3.45. The van der Waals surface area contributed by atoms with Crippen LogP contribution < -0.4 is 5.32 Å². The van der Waals surface area contributed by atoms with E-state index in [1.165, 1.54) is 19.4 Å². The van der Waals surface area contributed by atoms with Crippen LogP contribution in [0.5, 0.6) is 0 Å². The molecule has 0 spiro atoms. The van der Waals surface area contributed by atoms with Gasteiger partial charge in [0, 0.05) is 6.04 Å². The Hall–Kier alpha value is -0.0400. The fourth-order valence-corrected chi connectivity index (χ4v) is 1.54. The van der Waals surface area contributed by atoms with Crippen molar-refractivity contribution in [1.29, 1.82) is 0 Å². The molecular weight excluding hydrogens is 146 g/mol. The van der Waals surface area contributed by atoms with Crippen LogP contribution in [0.1, 0.15) is 47.5 Å². The molecule has 0 saturated carbocycles. The molecule has 0 radical (unpaired) electrons. The molecular formula is C11H25N. The summed E-state index contributed by atoms with van der Waals surface area (Å²) in [6, 6.07) is 0.635. The maximum Gasteiger partial charge on any atom is 0.00103 e. The largest absolute Gasteiger partial charge is 0.315 e. The summed E-state index contributed by atoms with van der Waals surface area (Å²) >= 11 is 0. The molecule has 0 saturated heterocycles. The molecule has 0 aromatic carbocycles. The van der Waals surface area contributed by atoms with Crippen LogP contribution in [0, 0.1) is 11.8 Å². The van der Waals surface area contributed by atoms with E-state index >= 15 is 0 Å². The van der Waals surface area contributed by atoms with Crippen LogP contribution in [0.4, 0.5) is 0 Å². The molecule has 0 aliphatic rings. The Balaban J connectivity index is 3.25. The molecule has 0 aliphatic carbocycles. The van der Waals surface area contributed by atoms with Gasteiger partial charge in [0.05, 0.1) is 0 Å². The molecule has 0 rings (SSSR count). The fraction of sp³-hybridized carbons (Fsp3) is 1.00. The van der Waals surface area contributed by atoms with Gasteiger partial charge < -0.3 is 5.32 Å². The van der Waals surface area contributed by atoms with Crippen LogP contribution in [0.3, 0.4) is 0 Å². The smallest absolute Gasteiger partial charge is 0.00103 e. The molecule has 74 valence electrons. The molecule has 0 aliphatic heterocycles. The van der Waals surface area contributed by atoms with E-state index in [2.05, 4.69) is 39.9 Å². The second-order valence-corrected chi connectivity index (χ2v) is 4.63. The zero-order valence-electron chi connectivity index (χ0n) is 9.35. The number of hydrogen-bond acceptors (Lipinski definition) is 1. The van der Waals surface area contributed by atoms with Crippen molar-refractivity contribution in [2.45, 2.75) is 53.5 Å². The van der Waals surface area contributed by atoms with Gasteiger partial charge in [-0.25, -0.2) is 0 Å². The highest BCUT2D eigenvalue weighted by Gasteiger charge is 2.04. The molecule has 0 unspecified atom stereocenters. The highest BCUT2D eigenvalue weighted by Crippen LogP contribution is 2.13. The first-order chi connectivity index (χ1) is 5.52. The van der Waals surface area contributed by atoms with Crippen LogP contribution in [-0.4, -0.2) is 12.6 Å². The Bertz CT molecular complexity index is 97.2. The Morgan fingerprint density at radius 2 is 1.58 bits per heavy atom. The van der Waals surface area contributed by atoms with Gasteiger partial charge >= 0.3 is 0 Å². The zero-order valence-corrected chi connectivity index (χ0v) is 9.35. The molecule has 0 fully saturated rings. The maximum absolute atomic E-state index is 3.45. The van der Waals surface area contributed by atoms with Gasteiger partial charge in [-0.05, 0) is 31.2 Å². The van der Waals surface area contributed by atoms with Crippen molar-refractivity contribution in [2.75, 3.05) is 6.54 Å². The van der Waals surface area contributed by atoms with Crippen molar-refractivity contribution >= 4 is 0 Å². The van der Waals surface area contributed by atoms with Gasteiger partial charge in [-0.2, -0.15) is 0 Å². The van der Waals surface area contributed by atoms with Crippen molar-refractivity contribution in [3.05, 3.63) is 0 Å². The van der Waals surface area contributed by atoms with E-state index in [1.54, 1.807) is 0 Å². The number of hydrogen-bond donors (Lipinski definition) is 1. The Kier molecular flexibility index (Phi) is 6.45. The lowest BCUT2D eigenvalue weighted by molar-refractivity contribution is 0.399. The summed E-state index contributed by atoms with van der Waals surface area (Å²) in [7, 11) is 0. The third-order valence-corrected chi connectivity index (χ3v) is 2.06. The monoisotopic (exact) mass is 171 g/mol. The van der Waals surface area contributed by atoms with Crippen LogP contribution in [0.25, 0.3) is 0 Å². The van der Waals surface area contributed by atoms with E-state index < -0.39 is 0 Å². The summed E-state index contributed by atoms with van der Waals surface area (Å²) < 4.78 is 0. The van der Waals surface area contributed by atoms with E-state index in [4.69, 9.17) is 0 Å². The second-order valence-electron chi connectivity index (χ2n) is 4.63. The van der Waals surface area contributed by atoms with Gasteiger partial charge in [-0.1, -0.05) is 34.6 Å². The predicted molar refractivity (Wildman–Crippen MR) is 56.4 cm³/mol. The molecule has 0 bridgehead atoms. The molecule has 0 aromatic heterocycles. The topological polar surface area (TPSA) is 12.0 Å². The molecule has 0 amide bonds. The summed E-state index contributed by atoms with van der Waals surface area (Å²) in [6.45, 7) is 12.5.